The Balaban J connectivity index is 0.00000288. The van der Waals surface area contributed by atoms with Crippen LogP contribution in [0.15, 0.2) is 59.0 Å². The van der Waals surface area contributed by atoms with E-state index in [1.165, 1.54) is 0 Å². The molecule has 0 radical (unpaired) electrons. The largest absolute Gasteiger partial charge is 0.858 e. The second-order valence-corrected chi connectivity index (χ2v) is 5.23. The second-order valence-electron chi connectivity index (χ2n) is 5.23. The molecule has 0 unspecified atom stereocenters. The third-order valence-corrected chi connectivity index (χ3v) is 3.28. The lowest BCUT2D eigenvalue weighted by Crippen LogP contribution is -2.28. The summed E-state index contributed by atoms with van der Waals surface area (Å²) < 4.78 is 3.70. The third-order valence-electron chi connectivity index (χ3n) is 3.28. The summed E-state index contributed by atoms with van der Waals surface area (Å²) in [6.07, 6.45) is 7.78. The van der Waals surface area contributed by atoms with E-state index < -0.39 is 0 Å². The number of aryl methyl sites for hydroxylation is 2. The Morgan fingerprint density at radius 2 is 1.08 bits per heavy atom. The Morgan fingerprint density at radius 3 is 1.40 bits per heavy atom. The molecule has 0 atom stereocenters. The number of pyridine rings is 2. The maximum absolute atomic E-state index is 11.8. The zero-order valence-electron chi connectivity index (χ0n) is 14.2. The minimum absolute atomic E-state index is 0. The number of rotatable bonds is 6. The van der Waals surface area contributed by atoms with Crippen molar-refractivity contribution < 1.29 is 19.3 Å². The van der Waals surface area contributed by atoms with E-state index in [4.69, 9.17) is 0 Å². The van der Waals surface area contributed by atoms with Crippen molar-refractivity contribution in [2.45, 2.75) is 6.42 Å². The highest BCUT2D eigenvalue weighted by atomic mass is 127. The molecule has 2 heterocycles. The van der Waals surface area contributed by atoms with Crippen molar-refractivity contribution in [3.05, 3.63) is 60.2 Å². The first-order chi connectivity index (χ1) is 11.1. The van der Waals surface area contributed by atoms with E-state index in [0.717, 1.165) is 0 Å². The SMILES string of the molecule is C[n+]1ccc(C([O-])=NCCCN=C([O-])c2cc[n+](C)cc2)cc1.I.I. The lowest BCUT2D eigenvalue weighted by Gasteiger charge is -2.11. The molecule has 0 spiro atoms. The van der Waals surface area contributed by atoms with Crippen molar-refractivity contribution in [3.63, 3.8) is 0 Å². The summed E-state index contributed by atoms with van der Waals surface area (Å²) in [6.45, 7) is 0.723. The van der Waals surface area contributed by atoms with E-state index in [9.17, 15) is 10.2 Å². The summed E-state index contributed by atoms with van der Waals surface area (Å²) in [5.41, 5.74) is 1.13. The van der Waals surface area contributed by atoms with Gasteiger partial charge in [0, 0.05) is 37.4 Å². The molecule has 0 N–H and O–H groups in total. The summed E-state index contributed by atoms with van der Waals surface area (Å²) in [6, 6.07) is 6.93. The fraction of sp³-hybridized carbons (Fsp3) is 0.294. The molecule has 2 aromatic rings. The van der Waals surface area contributed by atoms with Crippen LogP contribution >= 0.6 is 48.0 Å². The van der Waals surface area contributed by atoms with Gasteiger partial charge in [0.25, 0.3) is 0 Å². The summed E-state index contributed by atoms with van der Waals surface area (Å²) in [5, 5.41) is 23.7. The first kappa shape index (κ1) is 23.7. The Hall–Kier alpha value is -1.30. The van der Waals surface area contributed by atoms with E-state index in [-0.39, 0.29) is 59.7 Å². The predicted octanol–water partition coefficient (Wildman–Crippen LogP) is -0.124. The molecule has 0 fully saturated rings. The minimum atomic E-state index is -0.243. The fourth-order valence-electron chi connectivity index (χ4n) is 1.90. The number of aromatic nitrogens is 2. The third kappa shape index (κ3) is 8.08. The van der Waals surface area contributed by atoms with Gasteiger partial charge in [-0.1, -0.05) is 0 Å². The lowest BCUT2D eigenvalue weighted by molar-refractivity contribution is -0.671. The molecule has 0 saturated carbocycles. The maximum Gasteiger partial charge on any atom is 0.169 e. The molecule has 6 nitrogen and oxygen atoms in total. The number of hydrogen-bond donors (Lipinski definition) is 0. The number of halogens is 2. The molecule has 2 aromatic heterocycles. The number of nitrogens with zero attached hydrogens (tertiary/aromatic N) is 4. The first-order valence-corrected chi connectivity index (χ1v) is 7.40. The Labute approximate surface area is 182 Å². The molecular weight excluding hydrogens is 546 g/mol. The second kappa shape index (κ2) is 12.1. The highest BCUT2D eigenvalue weighted by Gasteiger charge is 1.96. The lowest BCUT2D eigenvalue weighted by atomic mass is 10.2. The van der Waals surface area contributed by atoms with E-state index in [1.54, 1.807) is 49.1 Å². The standard InChI is InChI=1S/C17H20N4O2.2HI/c1-20-10-4-14(5-11-20)16(22)18-8-3-9-19-17(23)15-6-12-21(2)13-7-15;;/h4-7,10-13H,3,8-9H2,1-2H3;2*1H. The van der Waals surface area contributed by atoms with Crippen LogP contribution in [-0.2, 0) is 14.1 Å². The molecular formula is C17H22I2N4O2. The minimum Gasteiger partial charge on any atom is -0.858 e. The van der Waals surface area contributed by atoms with Crippen molar-refractivity contribution >= 4 is 59.7 Å². The quantitative estimate of drug-likeness (QED) is 0.160. The zero-order valence-corrected chi connectivity index (χ0v) is 18.8. The van der Waals surface area contributed by atoms with E-state index >= 15 is 0 Å². The van der Waals surface area contributed by atoms with Gasteiger partial charge in [0.1, 0.15) is 14.1 Å². The molecule has 25 heavy (non-hydrogen) atoms. The van der Waals surface area contributed by atoms with E-state index in [2.05, 4.69) is 9.98 Å². The van der Waals surface area contributed by atoms with Crippen molar-refractivity contribution in [1.82, 2.24) is 0 Å². The van der Waals surface area contributed by atoms with Gasteiger partial charge in [-0.3, -0.25) is 0 Å². The van der Waals surface area contributed by atoms with Gasteiger partial charge < -0.3 is 20.2 Å². The van der Waals surface area contributed by atoms with Crippen LogP contribution in [0.3, 0.4) is 0 Å². The molecule has 0 aliphatic carbocycles. The van der Waals surface area contributed by atoms with Crippen LogP contribution in [0, 0.1) is 0 Å². The van der Waals surface area contributed by atoms with Crippen molar-refractivity contribution in [2.75, 3.05) is 13.1 Å². The maximum atomic E-state index is 11.8. The van der Waals surface area contributed by atoms with Crippen LogP contribution in [0.5, 0.6) is 0 Å². The normalized spacial score (nSPS) is 11.4. The van der Waals surface area contributed by atoms with Gasteiger partial charge in [0.05, 0.1) is 0 Å². The Bertz CT molecular complexity index is 640. The molecule has 2 rings (SSSR count). The van der Waals surface area contributed by atoms with Crippen molar-refractivity contribution in [1.29, 1.82) is 0 Å². The molecule has 0 bridgehead atoms. The van der Waals surface area contributed by atoms with Crippen molar-refractivity contribution in [2.24, 2.45) is 24.1 Å². The molecule has 136 valence electrons. The van der Waals surface area contributed by atoms with Gasteiger partial charge >= 0.3 is 0 Å². The predicted molar refractivity (Wildman–Crippen MR) is 113 cm³/mol. The van der Waals surface area contributed by atoms with E-state index in [0.29, 0.717) is 30.6 Å². The average molecular weight is 568 g/mol. The Kier molecular flexibility index (Phi) is 11.5. The van der Waals surface area contributed by atoms with Crippen LogP contribution in [0.1, 0.15) is 17.5 Å². The van der Waals surface area contributed by atoms with Crippen LogP contribution in [0.25, 0.3) is 0 Å². The van der Waals surface area contributed by atoms with Crippen LogP contribution in [0.4, 0.5) is 0 Å². The summed E-state index contributed by atoms with van der Waals surface area (Å²) in [7, 11) is 3.77. The highest BCUT2D eigenvalue weighted by molar-refractivity contribution is 14.0. The van der Waals surface area contributed by atoms with Crippen molar-refractivity contribution in [3.8, 4) is 0 Å². The van der Waals surface area contributed by atoms with Gasteiger partial charge in [-0.15, -0.1) is 48.0 Å². The fourth-order valence-corrected chi connectivity index (χ4v) is 1.90. The van der Waals surface area contributed by atoms with Crippen LogP contribution in [-0.4, -0.2) is 24.9 Å². The van der Waals surface area contributed by atoms with Crippen LogP contribution < -0.4 is 19.3 Å². The summed E-state index contributed by atoms with van der Waals surface area (Å²) in [4.78, 5) is 7.96. The molecule has 0 aromatic carbocycles. The zero-order chi connectivity index (χ0) is 16.7. The van der Waals surface area contributed by atoms with Gasteiger partial charge in [0.2, 0.25) is 0 Å². The van der Waals surface area contributed by atoms with Gasteiger partial charge in [-0.25, -0.2) is 9.13 Å². The first-order valence-electron chi connectivity index (χ1n) is 7.40. The van der Waals surface area contributed by atoms with E-state index in [1.807, 2.05) is 23.2 Å². The van der Waals surface area contributed by atoms with Gasteiger partial charge in [-0.05, 0) is 29.3 Å². The average Bonchev–Trinajstić information content (AvgIpc) is 2.55. The van der Waals surface area contributed by atoms with Gasteiger partial charge in [0.15, 0.2) is 24.8 Å². The van der Waals surface area contributed by atoms with Crippen LogP contribution in [0.2, 0.25) is 0 Å². The molecule has 0 saturated heterocycles. The number of hydrogen-bond acceptors (Lipinski definition) is 4. The summed E-state index contributed by atoms with van der Waals surface area (Å²) >= 11 is 0. The topological polar surface area (TPSA) is 78.6 Å². The number of aliphatic imine (C=N–C) groups is 2. The Morgan fingerprint density at radius 1 is 0.760 bits per heavy atom. The molecule has 0 aliphatic rings. The smallest absolute Gasteiger partial charge is 0.169 e. The summed E-state index contributed by atoms with van der Waals surface area (Å²) in [5.74, 6) is -0.486. The molecule has 0 aliphatic heterocycles. The molecule has 0 amide bonds. The highest BCUT2D eigenvalue weighted by Crippen LogP contribution is 1.97. The van der Waals surface area contributed by atoms with Gasteiger partial charge in [-0.2, -0.15) is 0 Å². The molecule has 8 heteroatoms. The monoisotopic (exact) mass is 568 g/mol.